The van der Waals surface area contributed by atoms with Crippen molar-refractivity contribution in [2.75, 3.05) is 7.11 Å². The van der Waals surface area contributed by atoms with E-state index in [1.54, 1.807) is 6.07 Å². The van der Waals surface area contributed by atoms with Gasteiger partial charge in [-0.3, -0.25) is 4.79 Å². The fraction of sp³-hybridized carbons (Fsp3) is 0.167. The zero-order chi connectivity index (χ0) is 13.1. The van der Waals surface area contributed by atoms with Crippen molar-refractivity contribution >= 4 is 44.8 Å². The second kappa shape index (κ2) is 5.82. The van der Waals surface area contributed by atoms with E-state index in [1.807, 2.05) is 17.5 Å². The molecule has 0 fully saturated rings. The summed E-state index contributed by atoms with van der Waals surface area (Å²) >= 11 is 10.9. The van der Waals surface area contributed by atoms with E-state index in [9.17, 15) is 4.79 Å². The summed E-state index contributed by atoms with van der Waals surface area (Å²) in [6.45, 7) is 0. The van der Waals surface area contributed by atoms with Crippen LogP contribution >= 0.6 is 38.9 Å². The maximum Gasteiger partial charge on any atom is 0.311 e. The van der Waals surface area contributed by atoms with Gasteiger partial charge < -0.3 is 4.74 Å². The molecule has 0 aliphatic carbocycles. The van der Waals surface area contributed by atoms with E-state index < -0.39 is 0 Å². The lowest BCUT2D eigenvalue weighted by Gasteiger charge is -2.01. The second-order valence-electron chi connectivity index (χ2n) is 3.52. The van der Waals surface area contributed by atoms with Crippen molar-refractivity contribution in [1.82, 2.24) is 4.98 Å². The van der Waals surface area contributed by atoms with Crippen molar-refractivity contribution < 1.29 is 9.53 Å². The van der Waals surface area contributed by atoms with Crippen LogP contribution in [0.1, 0.15) is 5.69 Å². The number of carbonyl (C=O) groups is 1. The monoisotopic (exact) mass is 345 g/mol. The average Bonchev–Trinajstić information content (AvgIpc) is 2.80. The molecule has 2 aromatic rings. The van der Waals surface area contributed by atoms with E-state index in [4.69, 9.17) is 11.6 Å². The number of esters is 1. The molecule has 0 spiro atoms. The Morgan fingerprint density at radius 2 is 2.33 bits per heavy atom. The highest BCUT2D eigenvalue weighted by Gasteiger charge is 2.11. The minimum atomic E-state index is -0.294. The Bertz CT molecular complexity index is 585. The molecule has 0 saturated heterocycles. The Hall–Kier alpha value is -0.910. The van der Waals surface area contributed by atoms with Gasteiger partial charge in [-0.05, 0) is 18.2 Å². The van der Waals surface area contributed by atoms with Gasteiger partial charge in [-0.2, -0.15) is 0 Å². The summed E-state index contributed by atoms with van der Waals surface area (Å²) < 4.78 is 5.53. The van der Waals surface area contributed by atoms with Gasteiger partial charge in [0.25, 0.3) is 0 Å². The van der Waals surface area contributed by atoms with Gasteiger partial charge in [0.1, 0.15) is 5.01 Å². The highest BCUT2D eigenvalue weighted by atomic mass is 79.9. The summed E-state index contributed by atoms with van der Waals surface area (Å²) in [5.74, 6) is -0.294. The number of rotatable bonds is 3. The number of thiazole rings is 1. The van der Waals surface area contributed by atoms with Crippen LogP contribution in [-0.2, 0) is 16.0 Å². The molecular weight excluding hydrogens is 338 g/mol. The predicted octanol–water partition coefficient (Wildman–Crippen LogP) is 3.94. The molecule has 94 valence electrons. The van der Waals surface area contributed by atoms with Crippen molar-refractivity contribution in [3.63, 3.8) is 0 Å². The molecule has 0 saturated carbocycles. The first kappa shape index (κ1) is 13.5. The van der Waals surface area contributed by atoms with Crippen LogP contribution in [0.5, 0.6) is 0 Å². The molecule has 18 heavy (non-hydrogen) atoms. The van der Waals surface area contributed by atoms with Crippen LogP contribution in [0.4, 0.5) is 0 Å². The molecule has 0 bridgehead atoms. The fourth-order valence-electron chi connectivity index (χ4n) is 1.39. The largest absolute Gasteiger partial charge is 0.469 e. The molecule has 0 radical (unpaired) electrons. The number of ether oxygens (including phenoxy) is 1. The summed E-state index contributed by atoms with van der Waals surface area (Å²) in [5.41, 5.74) is 1.62. The molecular formula is C12H9BrClNO2S. The minimum Gasteiger partial charge on any atom is -0.469 e. The summed E-state index contributed by atoms with van der Waals surface area (Å²) in [6, 6.07) is 5.52. The number of carbonyl (C=O) groups excluding carboxylic acids is 1. The summed E-state index contributed by atoms with van der Waals surface area (Å²) in [5, 5.41) is 3.32. The normalized spacial score (nSPS) is 10.4. The quantitative estimate of drug-likeness (QED) is 0.790. The van der Waals surface area contributed by atoms with Crippen LogP contribution in [0.15, 0.2) is 28.1 Å². The summed E-state index contributed by atoms with van der Waals surface area (Å²) in [7, 11) is 1.36. The van der Waals surface area contributed by atoms with Gasteiger partial charge in [0.15, 0.2) is 0 Å². The van der Waals surface area contributed by atoms with Crippen molar-refractivity contribution in [3.8, 4) is 10.6 Å². The molecule has 0 aliphatic rings. The van der Waals surface area contributed by atoms with E-state index in [2.05, 4.69) is 25.7 Å². The fourth-order valence-corrected chi connectivity index (χ4v) is 2.98. The molecule has 0 aliphatic heterocycles. The van der Waals surface area contributed by atoms with E-state index in [1.165, 1.54) is 18.4 Å². The lowest BCUT2D eigenvalue weighted by molar-refractivity contribution is -0.139. The third-order valence-electron chi connectivity index (χ3n) is 2.26. The van der Waals surface area contributed by atoms with Gasteiger partial charge in [0.05, 0.1) is 19.2 Å². The van der Waals surface area contributed by atoms with Gasteiger partial charge in [0, 0.05) is 20.4 Å². The molecule has 1 heterocycles. The molecule has 1 aromatic heterocycles. The number of halogens is 2. The van der Waals surface area contributed by atoms with Crippen molar-refractivity contribution in [2.24, 2.45) is 0 Å². The third kappa shape index (κ3) is 3.10. The van der Waals surface area contributed by atoms with Crippen LogP contribution < -0.4 is 0 Å². The maximum absolute atomic E-state index is 11.2. The number of methoxy groups -OCH3 is 1. The highest BCUT2D eigenvalue weighted by molar-refractivity contribution is 9.10. The lowest BCUT2D eigenvalue weighted by atomic mass is 10.2. The lowest BCUT2D eigenvalue weighted by Crippen LogP contribution is -2.04. The maximum atomic E-state index is 11.2. The highest BCUT2D eigenvalue weighted by Crippen LogP contribution is 2.32. The van der Waals surface area contributed by atoms with Gasteiger partial charge in [-0.25, -0.2) is 4.98 Å². The Morgan fingerprint density at radius 1 is 1.56 bits per heavy atom. The number of aromatic nitrogens is 1. The van der Waals surface area contributed by atoms with E-state index in [0.29, 0.717) is 10.7 Å². The average molecular weight is 347 g/mol. The molecule has 1 aromatic carbocycles. The van der Waals surface area contributed by atoms with Gasteiger partial charge in [-0.15, -0.1) is 11.3 Å². The molecule has 0 N–H and O–H groups in total. The molecule has 0 unspecified atom stereocenters. The van der Waals surface area contributed by atoms with E-state index >= 15 is 0 Å². The predicted molar refractivity (Wildman–Crippen MR) is 76.0 cm³/mol. The first-order valence-electron chi connectivity index (χ1n) is 5.07. The Morgan fingerprint density at radius 3 is 3.06 bits per heavy atom. The van der Waals surface area contributed by atoms with Crippen molar-refractivity contribution in [1.29, 1.82) is 0 Å². The van der Waals surface area contributed by atoms with Crippen LogP contribution in [0.25, 0.3) is 10.6 Å². The van der Waals surface area contributed by atoms with Crippen LogP contribution in [-0.4, -0.2) is 18.1 Å². The van der Waals surface area contributed by atoms with Gasteiger partial charge in [-0.1, -0.05) is 27.5 Å². The summed E-state index contributed by atoms with van der Waals surface area (Å²) in [4.78, 5) is 15.6. The molecule has 0 atom stereocenters. The molecule has 0 amide bonds. The first-order valence-corrected chi connectivity index (χ1v) is 7.12. The standard InChI is InChI=1S/C12H9BrClNO2S/c1-17-11(16)5-8-6-18-12(15-8)9-4-7(14)2-3-10(9)13/h2-4,6H,5H2,1H3. The Labute approximate surface area is 122 Å². The van der Waals surface area contributed by atoms with Crippen LogP contribution in [0.2, 0.25) is 5.02 Å². The number of hydrogen-bond donors (Lipinski definition) is 0. The number of hydrogen-bond acceptors (Lipinski definition) is 4. The Balaban J connectivity index is 2.29. The third-order valence-corrected chi connectivity index (χ3v) is 4.11. The SMILES string of the molecule is COC(=O)Cc1csc(-c2cc(Cl)ccc2Br)n1. The van der Waals surface area contributed by atoms with Crippen molar-refractivity contribution in [3.05, 3.63) is 38.8 Å². The van der Waals surface area contributed by atoms with Gasteiger partial charge in [0.2, 0.25) is 0 Å². The summed E-state index contributed by atoms with van der Waals surface area (Å²) in [6.07, 6.45) is 0.186. The molecule has 2 rings (SSSR count). The van der Waals surface area contributed by atoms with E-state index in [0.717, 1.165) is 15.0 Å². The minimum absolute atomic E-state index is 0.186. The Kier molecular flexibility index (Phi) is 4.37. The smallest absolute Gasteiger partial charge is 0.311 e. The number of benzene rings is 1. The number of nitrogens with zero attached hydrogens (tertiary/aromatic N) is 1. The second-order valence-corrected chi connectivity index (χ2v) is 5.67. The first-order chi connectivity index (χ1) is 8.60. The zero-order valence-corrected chi connectivity index (χ0v) is 12.6. The van der Waals surface area contributed by atoms with Crippen LogP contribution in [0.3, 0.4) is 0 Å². The topological polar surface area (TPSA) is 39.2 Å². The van der Waals surface area contributed by atoms with Crippen molar-refractivity contribution in [2.45, 2.75) is 6.42 Å². The van der Waals surface area contributed by atoms with Gasteiger partial charge >= 0.3 is 5.97 Å². The zero-order valence-electron chi connectivity index (χ0n) is 9.44. The van der Waals surface area contributed by atoms with Crippen LogP contribution in [0, 0.1) is 0 Å². The molecule has 6 heteroatoms. The molecule has 3 nitrogen and oxygen atoms in total. The van der Waals surface area contributed by atoms with E-state index in [-0.39, 0.29) is 12.4 Å².